The van der Waals surface area contributed by atoms with Crippen LogP contribution in [-0.4, -0.2) is 59.1 Å². The summed E-state index contributed by atoms with van der Waals surface area (Å²) in [5.74, 6) is -3.06. The highest BCUT2D eigenvalue weighted by Crippen LogP contribution is 2.42. The lowest BCUT2D eigenvalue weighted by Crippen LogP contribution is -2.46. The second-order valence-electron chi connectivity index (χ2n) is 7.48. The molecule has 1 aromatic rings. The van der Waals surface area contributed by atoms with E-state index in [0.29, 0.717) is 13.0 Å². The molecule has 2 aliphatic rings. The van der Waals surface area contributed by atoms with Gasteiger partial charge in [-0.1, -0.05) is 44.2 Å². The first kappa shape index (κ1) is 13.2. The van der Waals surface area contributed by atoms with Gasteiger partial charge in [-0.05, 0) is 30.3 Å². The van der Waals surface area contributed by atoms with Crippen molar-refractivity contribution >= 4 is 0 Å². The third kappa shape index (κ3) is 3.63. The van der Waals surface area contributed by atoms with Crippen molar-refractivity contribution in [2.75, 3.05) is 26.1 Å². The van der Waals surface area contributed by atoms with Crippen molar-refractivity contribution in [3.8, 4) is 0 Å². The first-order valence-electron chi connectivity index (χ1n) is 10.4. The van der Waals surface area contributed by atoms with Crippen LogP contribution in [0.25, 0.3) is 0 Å². The fourth-order valence-electron chi connectivity index (χ4n) is 3.66. The summed E-state index contributed by atoms with van der Waals surface area (Å²) in [7, 11) is 0. The summed E-state index contributed by atoms with van der Waals surface area (Å²) in [6, 6.07) is 7.67. The molecular formula is C19H28F2N2O. The van der Waals surface area contributed by atoms with Gasteiger partial charge < -0.3 is 5.11 Å². The fourth-order valence-corrected chi connectivity index (χ4v) is 3.66. The van der Waals surface area contributed by atoms with E-state index in [1.54, 1.807) is 4.90 Å². The van der Waals surface area contributed by atoms with Crippen molar-refractivity contribution in [1.82, 2.24) is 9.80 Å². The molecular weight excluding hydrogens is 310 g/mol. The minimum Gasteiger partial charge on any atom is -0.396 e. The van der Waals surface area contributed by atoms with Crippen LogP contribution in [0.2, 0.25) is 0 Å². The zero-order chi connectivity index (χ0) is 21.0. The third-order valence-electron chi connectivity index (χ3n) is 4.94. The Morgan fingerprint density at radius 3 is 2.67 bits per heavy atom. The van der Waals surface area contributed by atoms with E-state index in [1.807, 2.05) is 30.3 Å². The molecule has 2 aliphatic heterocycles. The van der Waals surface area contributed by atoms with Crippen LogP contribution in [0.1, 0.15) is 37.7 Å². The maximum absolute atomic E-state index is 14.9. The van der Waals surface area contributed by atoms with Crippen LogP contribution in [0.5, 0.6) is 0 Å². The zero-order valence-corrected chi connectivity index (χ0v) is 14.2. The number of alkyl halides is 2. The van der Waals surface area contributed by atoms with Gasteiger partial charge in [-0.25, -0.2) is 8.78 Å². The van der Waals surface area contributed by atoms with E-state index in [4.69, 9.17) is 5.48 Å². The highest BCUT2D eigenvalue weighted by molar-refractivity contribution is 5.17. The molecule has 2 fully saturated rings. The van der Waals surface area contributed by atoms with E-state index in [-0.39, 0.29) is 13.0 Å². The number of fused-ring (bicyclic) bond motifs is 1. The second-order valence-corrected chi connectivity index (χ2v) is 7.48. The van der Waals surface area contributed by atoms with E-state index in [1.165, 1.54) is 18.7 Å². The van der Waals surface area contributed by atoms with Gasteiger partial charge in [-0.15, -0.1) is 0 Å². The molecule has 0 saturated carbocycles. The van der Waals surface area contributed by atoms with Gasteiger partial charge in [-0.3, -0.25) is 9.80 Å². The Morgan fingerprint density at radius 2 is 2.00 bits per heavy atom. The zero-order valence-electron chi connectivity index (χ0n) is 18.2. The van der Waals surface area contributed by atoms with Crippen molar-refractivity contribution in [2.24, 2.45) is 5.41 Å². The van der Waals surface area contributed by atoms with Gasteiger partial charge in [0.25, 0.3) is 5.92 Å². The molecule has 0 aromatic heterocycles. The Balaban J connectivity index is 1.80. The van der Waals surface area contributed by atoms with Gasteiger partial charge in [0.15, 0.2) is 0 Å². The minimum atomic E-state index is -3.06. The normalized spacial score (nSPS) is 31.2. The second kappa shape index (κ2) is 6.70. The first-order chi connectivity index (χ1) is 12.7. The largest absolute Gasteiger partial charge is 0.396 e. The highest BCUT2D eigenvalue weighted by atomic mass is 19.3. The molecule has 1 aromatic carbocycles. The number of benzene rings is 1. The Bertz CT molecular complexity index is 697. The van der Waals surface area contributed by atoms with Crippen molar-refractivity contribution in [2.45, 2.75) is 51.2 Å². The maximum atomic E-state index is 14.9. The van der Waals surface area contributed by atoms with Crippen LogP contribution >= 0.6 is 0 Å². The van der Waals surface area contributed by atoms with Crippen molar-refractivity contribution in [3.05, 3.63) is 35.9 Å². The van der Waals surface area contributed by atoms with Gasteiger partial charge in [0.1, 0.15) is 0 Å². The van der Waals surface area contributed by atoms with Crippen LogP contribution in [0.3, 0.4) is 0 Å². The summed E-state index contributed by atoms with van der Waals surface area (Å²) >= 11 is 0. The Labute approximate surface area is 148 Å². The molecule has 24 heavy (non-hydrogen) atoms. The number of hydrogen-bond acceptors (Lipinski definition) is 3. The molecule has 0 unspecified atom stereocenters. The van der Waals surface area contributed by atoms with Gasteiger partial charge in [0.05, 0.1) is 15.3 Å². The van der Waals surface area contributed by atoms with Gasteiger partial charge in [0.2, 0.25) is 0 Å². The van der Waals surface area contributed by atoms with Crippen molar-refractivity contribution in [3.63, 3.8) is 0 Å². The molecule has 2 saturated heterocycles. The van der Waals surface area contributed by atoms with Gasteiger partial charge in [0, 0.05) is 28.4 Å². The van der Waals surface area contributed by atoms with Crippen LogP contribution in [0.4, 0.5) is 8.78 Å². The fraction of sp³-hybridized carbons (Fsp3) is 0.684. The molecule has 3 rings (SSSR count). The summed E-state index contributed by atoms with van der Waals surface area (Å²) < 4.78 is 61.8. The van der Waals surface area contributed by atoms with Crippen molar-refractivity contribution in [1.29, 1.82) is 0 Å². The van der Waals surface area contributed by atoms with E-state index in [0.717, 1.165) is 5.56 Å². The summed E-state index contributed by atoms with van der Waals surface area (Å²) in [5.41, 5.74) is -0.485. The molecule has 0 bridgehead atoms. The molecule has 0 amide bonds. The number of nitrogens with zero attached hydrogens (tertiary/aromatic N) is 2. The molecule has 2 atom stereocenters. The molecule has 0 radical (unpaired) electrons. The van der Waals surface area contributed by atoms with Crippen LogP contribution < -0.4 is 0 Å². The van der Waals surface area contributed by atoms with Crippen LogP contribution in [0.15, 0.2) is 30.3 Å². The molecule has 0 aliphatic carbocycles. The smallest absolute Gasteiger partial charge is 0.277 e. The summed E-state index contributed by atoms with van der Waals surface area (Å²) in [5, 5.41) is 9.74. The predicted octanol–water partition coefficient (Wildman–Crippen LogP) is 2.99. The monoisotopic (exact) mass is 342 g/mol. The molecule has 0 spiro atoms. The Hall–Kier alpha value is -1.04. The van der Waals surface area contributed by atoms with E-state index in [2.05, 4.69) is 0 Å². The summed E-state index contributed by atoms with van der Waals surface area (Å²) in [6.45, 7) is -1.82. The molecule has 3 nitrogen and oxygen atoms in total. The number of aliphatic hydroxyl groups is 1. The van der Waals surface area contributed by atoms with Crippen LogP contribution in [0, 0.1) is 5.41 Å². The van der Waals surface area contributed by atoms with Crippen molar-refractivity contribution < 1.29 is 19.4 Å². The topological polar surface area (TPSA) is 26.7 Å². The average Bonchev–Trinajstić information content (AvgIpc) is 3.08. The molecule has 2 heterocycles. The maximum Gasteiger partial charge on any atom is 0.277 e. The average molecular weight is 342 g/mol. The lowest BCUT2D eigenvalue weighted by Gasteiger charge is -2.31. The molecule has 5 heteroatoms. The van der Waals surface area contributed by atoms with Gasteiger partial charge >= 0.3 is 0 Å². The minimum absolute atomic E-state index is 0.174. The lowest BCUT2D eigenvalue weighted by atomic mass is 9.90. The number of halogens is 2. The quantitative estimate of drug-likeness (QED) is 0.861. The number of rotatable bonds is 6. The predicted molar refractivity (Wildman–Crippen MR) is 91.0 cm³/mol. The summed E-state index contributed by atoms with van der Waals surface area (Å²) in [4.78, 5) is 2.92. The standard InChI is InChI=1S/C19H28F2N2O/c1-18(2,14-24)9-11-22-10-8-16-17(22)19(20,21)13-23(16)12-15-6-4-3-5-7-15/h3-7,16-17,24H,8-14H2,1-2H3/t16-,17+/m0/s1/i11D2,14D2. The molecule has 134 valence electrons. The van der Waals surface area contributed by atoms with E-state index in [9.17, 15) is 13.9 Å². The number of likely N-dealkylation sites (tertiary alicyclic amines) is 2. The Kier molecular flexibility index (Phi) is 3.68. The SMILES string of the molecule is [2H]C([2H])(CC(C)(C)C([2H])([2H])O)N1CC[C@H]2[C@@H]1C(F)(F)CN2Cc1ccccc1. The Morgan fingerprint density at radius 1 is 1.29 bits per heavy atom. The first-order valence-corrected chi connectivity index (χ1v) is 8.40. The summed E-state index contributed by atoms with van der Waals surface area (Å²) in [6.07, 6.45) is 0.0422. The third-order valence-corrected chi connectivity index (χ3v) is 4.94. The highest BCUT2D eigenvalue weighted by Gasteiger charge is 2.58. The lowest BCUT2D eigenvalue weighted by molar-refractivity contribution is -0.0473. The van der Waals surface area contributed by atoms with E-state index < -0.39 is 43.0 Å². The van der Waals surface area contributed by atoms with Crippen LogP contribution in [-0.2, 0) is 6.54 Å². The number of hydrogen-bond donors (Lipinski definition) is 1. The van der Waals surface area contributed by atoms with Gasteiger partial charge in [-0.2, -0.15) is 0 Å². The van der Waals surface area contributed by atoms with E-state index >= 15 is 0 Å². The molecule has 1 N–H and O–H groups in total.